The van der Waals surface area contributed by atoms with Crippen LogP contribution in [0.25, 0.3) is 0 Å². The van der Waals surface area contributed by atoms with Gasteiger partial charge in [0.05, 0.1) is 5.41 Å². The van der Waals surface area contributed by atoms with Gasteiger partial charge in [-0.2, -0.15) is 0 Å². The van der Waals surface area contributed by atoms with Crippen molar-refractivity contribution in [1.29, 1.82) is 0 Å². The first kappa shape index (κ1) is 13.2. The largest absolute Gasteiger partial charge is 0.481 e. The second-order valence-electron chi connectivity index (χ2n) is 4.52. The van der Waals surface area contributed by atoms with Crippen LogP contribution in [0.5, 0.6) is 0 Å². The number of benzene rings is 1. The number of aliphatic carboxylic acids is 1. The van der Waals surface area contributed by atoms with Crippen molar-refractivity contribution in [2.75, 3.05) is 0 Å². The third kappa shape index (κ3) is 3.06. The average Bonchev–Trinajstić information content (AvgIpc) is 2.17. The molecule has 0 aromatic heterocycles. The molecule has 0 saturated carbocycles. The van der Waals surface area contributed by atoms with Gasteiger partial charge in [-0.1, -0.05) is 34.1 Å². The molecule has 3 nitrogen and oxygen atoms in total. The molecule has 88 valence electrons. The minimum atomic E-state index is -0.824. The Bertz CT molecular complexity index is 390. The van der Waals surface area contributed by atoms with Gasteiger partial charge in [-0.3, -0.25) is 4.79 Å². The van der Waals surface area contributed by atoms with E-state index in [1.54, 1.807) is 13.8 Å². The summed E-state index contributed by atoms with van der Waals surface area (Å²) in [6, 6.07) is 7.34. The number of carboxylic acid groups (broad SMARTS) is 1. The molecule has 0 amide bonds. The van der Waals surface area contributed by atoms with Gasteiger partial charge in [0.2, 0.25) is 0 Å². The Balaban J connectivity index is 2.85. The number of carboxylic acids is 1. The number of halogens is 1. The zero-order chi connectivity index (χ0) is 12.3. The number of hydrogen-bond donors (Lipinski definition) is 2. The van der Waals surface area contributed by atoms with Crippen LogP contribution in [0.4, 0.5) is 0 Å². The van der Waals surface area contributed by atoms with E-state index in [2.05, 4.69) is 15.9 Å². The van der Waals surface area contributed by atoms with Gasteiger partial charge in [-0.15, -0.1) is 0 Å². The van der Waals surface area contributed by atoms with E-state index in [0.717, 1.165) is 10.0 Å². The fraction of sp³-hybridized carbons (Fsp3) is 0.417. The summed E-state index contributed by atoms with van der Waals surface area (Å²) in [6.45, 7) is 3.37. The number of nitrogens with two attached hydrogens (primary N) is 1. The summed E-state index contributed by atoms with van der Waals surface area (Å²) in [7, 11) is 0. The van der Waals surface area contributed by atoms with Crippen molar-refractivity contribution in [1.82, 2.24) is 0 Å². The van der Waals surface area contributed by atoms with Crippen LogP contribution in [0, 0.1) is 5.41 Å². The lowest BCUT2D eigenvalue weighted by atomic mass is 9.84. The van der Waals surface area contributed by atoms with Gasteiger partial charge >= 0.3 is 5.97 Å². The van der Waals surface area contributed by atoms with E-state index in [-0.39, 0.29) is 6.04 Å². The van der Waals surface area contributed by atoms with Crippen molar-refractivity contribution < 1.29 is 9.90 Å². The molecule has 1 aromatic rings. The maximum Gasteiger partial charge on any atom is 0.309 e. The summed E-state index contributed by atoms with van der Waals surface area (Å²) in [5.74, 6) is -0.824. The Morgan fingerprint density at radius 3 is 2.56 bits per heavy atom. The third-order valence-electron chi connectivity index (χ3n) is 2.61. The number of hydrogen-bond acceptors (Lipinski definition) is 2. The van der Waals surface area contributed by atoms with E-state index >= 15 is 0 Å². The van der Waals surface area contributed by atoms with Gasteiger partial charge in [0, 0.05) is 10.5 Å². The number of carbonyl (C=O) groups is 1. The highest BCUT2D eigenvalue weighted by molar-refractivity contribution is 9.10. The average molecular weight is 286 g/mol. The summed E-state index contributed by atoms with van der Waals surface area (Å²) >= 11 is 3.41. The van der Waals surface area contributed by atoms with E-state index in [4.69, 9.17) is 10.8 Å². The van der Waals surface area contributed by atoms with Crippen LogP contribution in [0.2, 0.25) is 0 Å². The molecule has 16 heavy (non-hydrogen) atoms. The Kier molecular flexibility index (Phi) is 4.10. The van der Waals surface area contributed by atoms with Gasteiger partial charge in [0.25, 0.3) is 0 Å². The van der Waals surface area contributed by atoms with E-state index < -0.39 is 11.4 Å². The number of rotatable bonds is 4. The molecule has 0 heterocycles. The summed E-state index contributed by atoms with van der Waals surface area (Å²) in [4.78, 5) is 11.0. The molecule has 0 radical (unpaired) electrons. The Hall–Kier alpha value is -0.870. The Morgan fingerprint density at radius 1 is 1.50 bits per heavy atom. The highest BCUT2D eigenvalue weighted by Gasteiger charge is 2.30. The molecule has 1 aromatic carbocycles. The van der Waals surface area contributed by atoms with Crippen molar-refractivity contribution in [2.45, 2.75) is 26.3 Å². The molecule has 0 fully saturated rings. The lowest BCUT2D eigenvalue weighted by Gasteiger charge is -2.24. The first-order chi connectivity index (χ1) is 7.34. The molecule has 0 saturated heterocycles. The maximum absolute atomic E-state index is 11.0. The normalized spacial score (nSPS) is 13.5. The van der Waals surface area contributed by atoms with Gasteiger partial charge in [-0.05, 0) is 31.9 Å². The summed E-state index contributed by atoms with van der Waals surface area (Å²) in [6.07, 6.45) is 0.408. The van der Waals surface area contributed by atoms with Gasteiger partial charge in [0.15, 0.2) is 0 Å². The van der Waals surface area contributed by atoms with E-state index in [1.807, 2.05) is 24.3 Å². The van der Waals surface area contributed by atoms with Crippen LogP contribution in [-0.4, -0.2) is 11.1 Å². The predicted octanol–water partition coefficient (Wildman–Crippen LogP) is 2.95. The van der Waals surface area contributed by atoms with Crippen LogP contribution < -0.4 is 5.73 Å². The molecule has 1 unspecified atom stereocenters. The van der Waals surface area contributed by atoms with E-state index in [0.29, 0.717) is 6.42 Å². The standard InChI is InChI=1S/C12H16BrNO2/c1-12(2,11(15)16)7-10(14)8-5-3-4-6-9(8)13/h3-6,10H,7,14H2,1-2H3,(H,15,16). The Labute approximate surface area is 104 Å². The van der Waals surface area contributed by atoms with E-state index in [1.165, 1.54) is 0 Å². The lowest BCUT2D eigenvalue weighted by molar-refractivity contribution is -0.147. The zero-order valence-electron chi connectivity index (χ0n) is 9.40. The van der Waals surface area contributed by atoms with Crippen LogP contribution in [0.15, 0.2) is 28.7 Å². The minimum Gasteiger partial charge on any atom is -0.481 e. The fourth-order valence-electron chi connectivity index (χ4n) is 1.52. The van der Waals surface area contributed by atoms with Crippen LogP contribution in [0.1, 0.15) is 31.9 Å². The highest BCUT2D eigenvalue weighted by Crippen LogP contribution is 2.31. The predicted molar refractivity (Wildman–Crippen MR) is 67.1 cm³/mol. The molecule has 3 N–H and O–H groups in total. The first-order valence-corrected chi connectivity index (χ1v) is 5.87. The van der Waals surface area contributed by atoms with Crippen molar-refractivity contribution in [2.24, 2.45) is 11.1 Å². The van der Waals surface area contributed by atoms with Crippen molar-refractivity contribution in [3.63, 3.8) is 0 Å². The molecule has 1 rings (SSSR count). The van der Waals surface area contributed by atoms with Crippen molar-refractivity contribution >= 4 is 21.9 Å². The summed E-state index contributed by atoms with van der Waals surface area (Å²) < 4.78 is 0.920. The summed E-state index contributed by atoms with van der Waals surface area (Å²) in [5, 5.41) is 9.04. The van der Waals surface area contributed by atoms with E-state index in [9.17, 15) is 4.79 Å². The topological polar surface area (TPSA) is 63.3 Å². The van der Waals surface area contributed by atoms with Gasteiger partial charge in [-0.25, -0.2) is 0 Å². The second-order valence-corrected chi connectivity index (χ2v) is 5.38. The van der Waals surface area contributed by atoms with Crippen molar-refractivity contribution in [3.05, 3.63) is 34.3 Å². The van der Waals surface area contributed by atoms with Gasteiger partial charge < -0.3 is 10.8 Å². The Morgan fingerprint density at radius 2 is 2.06 bits per heavy atom. The zero-order valence-corrected chi connectivity index (χ0v) is 11.0. The van der Waals surface area contributed by atoms with Crippen molar-refractivity contribution in [3.8, 4) is 0 Å². The molecule has 0 spiro atoms. The van der Waals surface area contributed by atoms with Crippen LogP contribution >= 0.6 is 15.9 Å². The second kappa shape index (κ2) is 4.97. The lowest BCUT2D eigenvalue weighted by Crippen LogP contribution is -2.29. The van der Waals surface area contributed by atoms with Gasteiger partial charge in [0.1, 0.15) is 0 Å². The minimum absolute atomic E-state index is 0.276. The monoisotopic (exact) mass is 285 g/mol. The fourth-order valence-corrected chi connectivity index (χ4v) is 2.10. The third-order valence-corrected chi connectivity index (χ3v) is 3.34. The molecular formula is C12H16BrNO2. The molecular weight excluding hydrogens is 270 g/mol. The summed E-state index contributed by atoms with van der Waals surface area (Å²) in [5.41, 5.74) is 6.16. The SMILES string of the molecule is CC(C)(CC(N)c1ccccc1Br)C(=O)O. The highest BCUT2D eigenvalue weighted by atomic mass is 79.9. The molecule has 0 aliphatic carbocycles. The van der Waals surface area contributed by atoms with Crippen LogP contribution in [0.3, 0.4) is 0 Å². The molecule has 0 bridgehead atoms. The molecule has 4 heteroatoms. The maximum atomic E-state index is 11.0. The first-order valence-electron chi connectivity index (χ1n) is 5.08. The molecule has 0 aliphatic heterocycles. The molecule has 1 atom stereocenters. The smallest absolute Gasteiger partial charge is 0.309 e. The quantitative estimate of drug-likeness (QED) is 0.894. The van der Waals surface area contributed by atoms with Crippen LogP contribution in [-0.2, 0) is 4.79 Å². The molecule has 0 aliphatic rings.